The molecule has 0 spiro atoms. The second-order valence-electron chi connectivity index (χ2n) is 3.36. The van der Waals surface area contributed by atoms with Gasteiger partial charge in [-0.1, -0.05) is 6.07 Å². The van der Waals surface area contributed by atoms with Gasteiger partial charge in [0.05, 0.1) is 30.3 Å². The van der Waals surface area contributed by atoms with E-state index in [1.54, 1.807) is 18.3 Å². The second kappa shape index (κ2) is 4.26. The molecule has 0 radical (unpaired) electrons. The van der Waals surface area contributed by atoms with Gasteiger partial charge in [-0.2, -0.15) is 0 Å². The first kappa shape index (κ1) is 10.5. The van der Waals surface area contributed by atoms with Crippen molar-refractivity contribution >= 4 is 0 Å². The lowest BCUT2D eigenvalue weighted by atomic mass is 10.1. The number of hydrogen-bond acceptors (Lipinski definition) is 3. The quantitative estimate of drug-likeness (QED) is 0.777. The van der Waals surface area contributed by atoms with Crippen LogP contribution in [-0.2, 0) is 0 Å². The van der Waals surface area contributed by atoms with Gasteiger partial charge in [-0.05, 0) is 19.1 Å². The Morgan fingerprint density at radius 3 is 2.75 bits per heavy atom. The molecule has 2 rings (SSSR count). The molecule has 0 fully saturated rings. The number of nitrogens with zero attached hydrogens (tertiary/aromatic N) is 2. The largest absolute Gasteiger partial charge is 0.496 e. The highest BCUT2D eigenvalue weighted by Crippen LogP contribution is 2.30. The van der Waals surface area contributed by atoms with Crippen LogP contribution < -0.4 is 4.74 Å². The van der Waals surface area contributed by atoms with Crippen LogP contribution in [0.15, 0.2) is 30.6 Å². The molecular weight excluding hydrogens is 207 g/mol. The van der Waals surface area contributed by atoms with E-state index in [2.05, 4.69) is 9.97 Å². The van der Waals surface area contributed by atoms with E-state index in [0.29, 0.717) is 17.0 Å². The molecule has 0 N–H and O–H groups in total. The molecule has 1 aromatic carbocycles. The Balaban J connectivity index is 2.63. The molecule has 2 aromatic rings. The van der Waals surface area contributed by atoms with E-state index in [9.17, 15) is 4.39 Å². The van der Waals surface area contributed by atoms with Crippen LogP contribution in [0, 0.1) is 12.7 Å². The van der Waals surface area contributed by atoms with Gasteiger partial charge in [-0.25, -0.2) is 9.37 Å². The topological polar surface area (TPSA) is 35.0 Å². The fraction of sp³-hybridized carbons (Fsp3) is 0.167. The highest BCUT2D eigenvalue weighted by molar-refractivity contribution is 5.67. The number of benzene rings is 1. The van der Waals surface area contributed by atoms with Gasteiger partial charge in [0.1, 0.15) is 11.6 Å². The number of halogens is 1. The average molecular weight is 218 g/mol. The number of methoxy groups -OCH3 is 1. The van der Waals surface area contributed by atoms with E-state index in [0.717, 1.165) is 5.69 Å². The third-order valence-corrected chi connectivity index (χ3v) is 2.21. The van der Waals surface area contributed by atoms with Crippen molar-refractivity contribution in [2.45, 2.75) is 6.92 Å². The number of rotatable bonds is 2. The van der Waals surface area contributed by atoms with Gasteiger partial charge in [0.25, 0.3) is 0 Å². The van der Waals surface area contributed by atoms with Gasteiger partial charge in [-0.15, -0.1) is 0 Å². The van der Waals surface area contributed by atoms with Gasteiger partial charge >= 0.3 is 0 Å². The maximum atomic E-state index is 13.7. The number of aromatic nitrogens is 2. The first-order valence-electron chi connectivity index (χ1n) is 4.84. The molecule has 1 aromatic heterocycles. The second-order valence-corrected chi connectivity index (χ2v) is 3.36. The zero-order valence-electron chi connectivity index (χ0n) is 9.07. The summed E-state index contributed by atoms with van der Waals surface area (Å²) >= 11 is 0. The summed E-state index contributed by atoms with van der Waals surface area (Å²) in [5.41, 5.74) is 1.57. The Kier molecular flexibility index (Phi) is 2.81. The Bertz CT molecular complexity index is 514. The maximum Gasteiger partial charge on any atom is 0.136 e. The summed E-state index contributed by atoms with van der Waals surface area (Å²) in [6, 6.07) is 4.67. The van der Waals surface area contributed by atoms with Crippen LogP contribution >= 0.6 is 0 Å². The van der Waals surface area contributed by atoms with Gasteiger partial charge in [0.15, 0.2) is 0 Å². The van der Waals surface area contributed by atoms with E-state index in [1.165, 1.54) is 19.4 Å². The summed E-state index contributed by atoms with van der Waals surface area (Å²) in [7, 11) is 1.50. The summed E-state index contributed by atoms with van der Waals surface area (Å²) in [4.78, 5) is 8.22. The van der Waals surface area contributed by atoms with Gasteiger partial charge < -0.3 is 4.74 Å². The third-order valence-electron chi connectivity index (χ3n) is 2.21. The van der Waals surface area contributed by atoms with E-state index >= 15 is 0 Å². The minimum atomic E-state index is -0.362. The molecule has 0 saturated heterocycles. The Hall–Kier alpha value is -1.97. The first-order valence-corrected chi connectivity index (χ1v) is 4.84. The molecule has 0 aliphatic rings. The summed E-state index contributed by atoms with van der Waals surface area (Å²) in [6.07, 6.45) is 3.14. The fourth-order valence-electron chi connectivity index (χ4n) is 1.51. The number of aryl methyl sites for hydroxylation is 1. The zero-order valence-corrected chi connectivity index (χ0v) is 9.07. The predicted octanol–water partition coefficient (Wildman–Crippen LogP) is 2.60. The molecule has 0 aliphatic heterocycles. The van der Waals surface area contributed by atoms with Crippen LogP contribution in [0.4, 0.5) is 4.39 Å². The predicted molar refractivity (Wildman–Crippen MR) is 58.7 cm³/mol. The summed E-state index contributed by atoms with van der Waals surface area (Å²) in [5, 5.41) is 0. The molecule has 0 aliphatic carbocycles. The molecule has 16 heavy (non-hydrogen) atoms. The highest BCUT2D eigenvalue weighted by atomic mass is 19.1. The monoisotopic (exact) mass is 218 g/mol. The Morgan fingerprint density at radius 2 is 2.06 bits per heavy atom. The first-order chi connectivity index (χ1) is 7.72. The molecular formula is C12H11FN2O. The van der Waals surface area contributed by atoms with Crippen LogP contribution in [0.3, 0.4) is 0 Å². The standard InChI is InChI=1S/C12H11FN2O/c1-8-6-14-7-10(15-8)12-9(13)4-3-5-11(12)16-2/h3-7H,1-2H3. The third kappa shape index (κ3) is 1.86. The van der Waals surface area contributed by atoms with Crippen molar-refractivity contribution in [1.29, 1.82) is 0 Å². The Labute approximate surface area is 92.9 Å². The zero-order chi connectivity index (χ0) is 11.5. The van der Waals surface area contributed by atoms with E-state index in [-0.39, 0.29) is 5.82 Å². The summed E-state index contributed by atoms with van der Waals surface area (Å²) < 4.78 is 18.8. The molecule has 0 amide bonds. The van der Waals surface area contributed by atoms with Crippen molar-refractivity contribution in [3.63, 3.8) is 0 Å². The van der Waals surface area contributed by atoms with Crippen LogP contribution in [0.5, 0.6) is 5.75 Å². The van der Waals surface area contributed by atoms with Crippen molar-refractivity contribution in [1.82, 2.24) is 9.97 Å². The molecule has 3 nitrogen and oxygen atoms in total. The van der Waals surface area contributed by atoms with Crippen LogP contribution in [0.1, 0.15) is 5.69 Å². The van der Waals surface area contributed by atoms with Crippen LogP contribution in [0.25, 0.3) is 11.3 Å². The van der Waals surface area contributed by atoms with E-state index in [4.69, 9.17) is 4.74 Å². The summed E-state index contributed by atoms with van der Waals surface area (Å²) in [5.74, 6) is 0.0964. The molecule has 0 bridgehead atoms. The van der Waals surface area contributed by atoms with Gasteiger partial charge in [0.2, 0.25) is 0 Å². The lowest BCUT2D eigenvalue weighted by molar-refractivity contribution is 0.413. The lowest BCUT2D eigenvalue weighted by Gasteiger charge is -2.08. The Morgan fingerprint density at radius 1 is 1.25 bits per heavy atom. The molecule has 0 saturated carbocycles. The van der Waals surface area contributed by atoms with Gasteiger partial charge in [0, 0.05) is 6.20 Å². The molecule has 4 heteroatoms. The normalized spacial score (nSPS) is 10.2. The lowest BCUT2D eigenvalue weighted by Crippen LogP contribution is -1.95. The minimum absolute atomic E-state index is 0.348. The number of hydrogen-bond donors (Lipinski definition) is 0. The highest BCUT2D eigenvalue weighted by Gasteiger charge is 2.12. The summed E-state index contributed by atoms with van der Waals surface area (Å²) in [6.45, 7) is 1.81. The van der Waals surface area contributed by atoms with Gasteiger partial charge in [-0.3, -0.25) is 4.98 Å². The van der Waals surface area contributed by atoms with Crippen molar-refractivity contribution in [3.8, 4) is 17.0 Å². The average Bonchev–Trinajstić information content (AvgIpc) is 2.28. The van der Waals surface area contributed by atoms with Crippen molar-refractivity contribution < 1.29 is 9.13 Å². The molecule has 0 unspecified atom stereocenters. The molecule has 1 heterocycles. The maximum absolute atomic E-state index is 13.7. The van der Waals surface area contributed by atoms with Crippen molar-refractivity contribution in [2.24, 2.45) is 0 Å². The minimum Gasteiger partial charge on any atom is -0.496 e. The van der Waals surface area contributed by atoms with Crippen molar-refractivity contribution in [3.05, 3.63) is 42.1 Å². The van der Waals surface area contributed by atoms with E-state index < -0.39 is 0 Å². The van der Waals surface area contributed by atoms with Crippen LogP contribution in [0.2, 0.25) is 0 Å². The smallest absolute Gasteiger partial charge is 0.136 e. The van der Waals surface area contributed by atoms with Crippen LogP contribution in [-0.4, -0.2) is 17.1 Å². The molecule has 0 atom stereocenters. The SMILES string of the molecule is COc1cccc(F)c1-c1cncc(C)n1. The molecule has 82 valence electrons. The number of ether oxygens (including phenoxy) is 1. The fourth-order valence-corrected chi connectivity index (χ4v) is 1.51. The van der Waals surface area contributed by atoms with E-state index in [1.807, 2.05) is 6.92 Å². The van der Waals surface area contributed by atoms with Crippen molar-refractivity contribution in [2.75, 3.05) is 7.11 Å².